The zero-order valence-electron chi connectivity index (χ0n) is 7.67. The number of hydrogen-bond acceptors (Lipinski definition) is 4. The Kier molecular flexibility index (Phi) is 8.44. The molecule has 0 aliphatic carbocycles. The molecule has 0 amide bonds. The van der Waals surface area contributed by atoms with E-state index in [1.165, 1.54) is 31.5 Å². The number of thioether (sulfide) groups is 1. The van der Waals surface area contributed by atoms with Crippen LogP contribution in [0.5, 0.6) is 0 Å². The molecule has 0 radical (unpaired) electrons. The van der Waals surface area contributed by atoms with E-state index in [1.54, 1.807) is 6.92 Å². The largest absolute Gasteiger partial charge is 0.507 e. The number of methoxy groups -OCH3 is 1. The van der Waals surface area contributed by atoms with Crippen molar-refractivity contribution in [3.8, 4) is 0 Å². The summed E-state index contributed by atoms with van der Waals surface area (Å²) in [6.07, 6.45) is 2.30. The zero-order chi connectivity index (χ0) is 9.23. The lowest BCUT2D eigenvalue weighted by molar-refractivity contribution is 0.0771. The molecule has 0 aromatic carbocycles. The van der Waals surface area contributed by atoms with Crippen LogP contribution in [0.15, 0.2) is 0 Å². The van der Waals surface area contributed by atoms with Crippen LogP contribution in [-0.2, 0) is 9.47 Å². The summed E-state index contributed by atoms with van der Waals surface area (Å²) in [7, 11) is 1.28. The summed E-state index contributed by atoms with van der Waals surface area (Å²) in [5, 5.41) is 0. The highest BCUT2D eigenvalue weighted by Crippen LogP contribution is 2.14. The van der Waals surface area contributed by atoms with Gasteiger partial charge in [0, 0.05) is 0 Å². The minimum atomic E-state index is -0.623. The van der Waals surface area contributed by atoms with E-state index >= 15 is 0 Å². The highest BCUT2D eigenvalue weighted by Gasteiger charge is 1.95. The highest BCUT2D eigenvalue weighted by molar-refractivity contribution is 7.99. The van der Waals surface area contributed by atoms with E-state index in [9.17, 15) is 4.79 Å². The summed E-state index contributed by atoms with van der Waals surface area (Å²) < 4.78 is 8.46. The first kappa shape index (κ1) is 11.6. The highest BCUT2D eigenvalue weighted by atomic mass is 32.2. The lowest BCUT2D eigenvalue weighted by Crippen LogP contribution is -2.02. The normalized spacial score (nSPS) is 14.5. The van der Waals surface area contributed by atoms with Crippen LogP contribution in [0.4, 0.5) is 4.79 Å². The predicted molar refractivity (Wildman–Crippen MR) is 50.6 cm³/mol. The average Bonchev–Trinajstić information content (AvgIpc) is 2.62. The van der Waals surface area contributed by atoms with Crippen molar-refractivity contribution < 1.29 is 14.3 Å². The second kappa shape index (κ2) is 8.71. The molecule has 1 aliphatic heterocycles. The molecule has 72 valence electrons. The monoisotopic (exact) mass is 192 g/mol. The zero-order valence-corrected chi connectivity index (χ0v) is 8.49. The van der Waals surface area contributed by atoms with Crippen LogP contribution in [-0.4, -0.2) is 31.4 Å². The number of ether oxygens (including phenoxy) is 2. The summed E-state index contributed by atoms with van der Waals surface area (Å²) in [5.41, 5.74) is 0. The summed E-state index contributed by atoms with van der Waals surface area (Å²) in [6.45, 7) is 2.09. The van der Waals surface area contributed by atoms with E-state index in [4.69, 9.17) is 0 Å². The molecule has 3 nitrogen and oxygen atoms in total. The maximum atomic E-state index is 9.97. The van der Waals surface area contributed by atoms with Gasteiger partial charge in [0.2, 0.25) is 0 Å². The van der Waals surface area contributed by atoms with Gasteiger partial charge in [-0.05, 0) is 31.3 Å². The molecular weight excluding hydrogens is 176 g/mol. The van der Waals surface area contributed by atoms with Gasteiger partial charge in [0.05, 0.1) is 13.7 Å². The van der Waals surface area contributed by atoms with Crippen LogP contribution < -0.4 is 0 Å². The molecule has 1 heterocycles. The number of carbonyl (C=O) groups is 1. The van der Waals surface area contributed by atoms with Crippen molar-refractivity contribution in [3.63, 3.8) is 0 Å². The third-order valence-corrected chi connectivity index (χ3v) is 2.41. The minimum Gasteiger partial charge on any atom is -0.438 e. The number of carbonyl (C=O) groups excluding carboxylic acids is 1. The van der Waals surface area contributed by atoms with E-state index in [1.807, 2.05) is 0 Å². The van der Waals surface area contributed by atoms with Gasteiger partial charge in [-0.15, -0.1) is 0 Å². The first-order valence-corrected chi connectivity index (χ1v) is 5.25. The van der Waals surface area contributed by atoms with Gasteiger partial charge >= 0.3 is 6.16 Å². The van der Waals surface area contributed by atoms with Gasteiger partial charge in [0.25, 0.3) is 0 Å². The molecule has 0 aromatic rings. The average molecular weight is 192 g/mol. The second-order valence-electron chi connectivity index (χ2n) is 2.21. The van der Waals surface area contributed by atoms with E-state index < -0.39 is 6.16 Å². The van der Waals surface area contributed by atoms with E-state index in [2.05, 4.69) is 21.2 Å². The van der Waals surface area contributed by atoms with Gasteiger partial charge in [-0.1, -0.05) is 0 Å². The Morgan fingerprint density at radius 2 is 2.00 bits per heavy atom. The lowest BCUT2D eigenvalue weighted by Gasteiger charge is -1.94. The van der Waals surface area contributed by atoms with Crippen molar-refractivity contribution in [2.75, 3.05) is 25.2 Å². The summed E-state index contributed by atoms with van der Waals surface area (Å²) in [4.78, 5) is 9.97. The standard InChI is InChI=1S/C4H8O3.C4H8S/c1-3-7-4(5)6-2;1-2-4-5-3-1/h3H2,1-2H3;1-4H2. The molecule has 12 heavy (non-hydrogen) atoms. The molecule has 0 spiro atoms. The summed E-state index contributed by atoms with van der Waals surface area (Å²) in [6, 6.07) is 0. The van der Waals surface area contributed by atoms with Crippen molar-refractivity contribution in [3.05, 3.63) is 0 Å². The van der Waals surface area contributed by atoms with E-state index in [0.717, 1.165) is 0 Å². The Labute approximate surface area is 77.8 Å². The molecule has 0 aromatic heterocycles. The molecule has 1 fully saturated rings. The minimum absolute atomic E-state index is 0.368. The molecule has 0 unspecified atom stereocenters. The lowest BCUT2D eigenvalue weighted by atomic mass is 10.4. The van der Waals surface area contributed by atoms with Gasteiger partial charge in [-0.3, -0.25) is 0 Å². The van der Waals surface area contributed by atoms with Gasteiger partial charge in [0.1, 0.15) is 0 Å². The third kappa shape index (κ3) is 7.72. The first-order valence-electron chi connectivity index (χ1n) is 4.09. The number of rotatable bonds is 1. The molecule has 0 bridgehead atoms. The molecule has 0 saturated carbocycles. The second-order valence-corrected chi connectivity index (χ2v) is 3.43. The summed E-state index contributed by atoms with van der Waals surface area (Å²) >= 11 is 2.07. The smallest absolute Gasteiger partial charge is 0.438 e. The van der Waals surface area contributed by atoms with Crippen LogP contribution in [0.3, 0.4) is 0 Å². The van der Waals surface area contributed by atoms with E-state index in [-0.39, 0.29) is 0 Å². The Morgan fingerprint density at radius 3 is 2.17 bits per heavy atom. The maximum Gasteiger partial charge on any atom is 0.507 e. The Hall–Kier alpha value is -0.380. The quantitative estimate of drug-likeness (QED) is 0.597. The maximum absolute atomic E-state index is 9.97. The SMILES string of the molecule is C1CCSC1.CCOC(=O)OC. The molecule has 1 aliphatic rings. The van der Waals surface area contributed by atoms with Crippen molar-refractivity contribution in [1.29, 1.82) is 0 Å². The van der Waals surface area contributed by atoms with Crippen LogP contribution in [0.25, 0.3) is 0 Å². The summed E-state index contributed by atoms with van der Waals surface area (Å²) in [5.74, 6) is 2.83. The van der Waals surface area contributed by atoms with Crippen LogP contribution in [0, 0.1) is 0 Å². The van der Waals surface area contributed by atoms with Gasteiger partial charge in [-0.2, -0.15) is 11.8 Å². The Bertz CT molecular complexity index is 105. The van der Waals surface area contributed by atoms with Crippen molar-refractivity contribution in [1.82, 2.24) is 0 Å². The fourth-order valence-corrected chi connectivity index (χ4v) is 1.71. The van der Waals surface area contributed by atoms with E-state index in [0.29, 0.717) is 6.61 Å². The molecule has 0 N–H and O–H groups in total. The Balaban J connectivity index is 0.000000211. The van der Waals surface area contributed by atoms with Crippen LogP contribution in [0.1, 0.15) is 19.8 Å². The number of hydrogen-bond donors (Lipinski definition) is 0. The van der Waals surface area contributed by atoms with Crippen molar-refractivity contribution >= 4 is 17.9 Å². The van der Waals surface area contributed by atoms with Gasteiger partial charge in [-0.25, -0.2) is 4.79 Å². The van der Waals surface area contributed by atoms with Gasteiger partial charge < -0.3 is 9.47 Å². The van der Waals surface area contributed by atoms with Crippen molar-refractivity contribution in [2.45, 2.75) is 19.8 Å². The fourth-order valence-electron chi connectivity index (χ4n) is 0.687. The Morgan fingerprint density at radius 1 is 1.42 bits per heavy atom. The molecule has 0 atom stereocenters. The fraction of sp³-hybridized carbons (Fsp3) is 0.875. The first-order chi connectivity index (χ1) is 5.81. The van der Waals surface area contributed by atoms with Gasteiger partial charge in [0.15, 0.2) is 0 Å². The third-order valence-electron chi connectivity index (χ3n) is 1.26. The molecule has 4 heteroatoms. The van der Waals surface area contributed by atoms with Crippen LogP contribution >= 0.6 is 11.8 Å². The predicted octanol–water partition coefficient (Wildman–Crippen LogP) is 2.30. The molecule has 1 saturated heterocycles. The van der Waals surface area contributed by atoms with Crippen LogP contribution in [0.2, 0.25) is 0 Å². The van der Waals surface area contributed by atoms with Crippen molar-refractivity contribution in [2.24, 2.45) is 0 Å². The molecule has 1 rings (SSSR count). The molecular formula is C8H16O3S. The topological polar surface area (TPSA) is 35.5 Å².